The van der Waals surface area contributed by atoms with Crippen molar-refractivity contribution in [1.29, 1.82) is 0 Å². The molecule has 5 N–H and O–H groups in total. The molecule has 1 rings (SSSR count). The Morgan fingerprint density at radius 3 is 2.29 bits per heavy atom. The van der Waals surface area contributed by atoms with Crippen molar-refractivity contribution in [2.45, 2.75) is 19.6 Å². The summed E-state index contributed by atoms with van der Waals surface area (Å²) in [7, 11) is 0. The summed E-state index contributed by atoms with van der Waals surface area (Å²) in [5.74, 6) is -0.654. The van der Waals surface area contributed by atoms with Crippen molar-refractivity contribution >= 4 is 11.9 Å². The molecule has 0 heterocycles. The number of nitrogens with two attached hydrogens (primary N) is 2. The van der Waals surface area contributed by atoms with Crippen LogP contribution in [0.15, 0.2) is 29.3 Å². The highest BCUT2D eigenvalue weighted by atomic mass is 16.6. The van der Waals surface area contributed by atoms with Crippen molar-refractivity contribution in [3.8, 4) is 5.75 Å². The number of aromatic hydroxyl groups is 1. The number of carbonyl (C=O) groups is 1. The van der Waals surface area contributed by atoms with Gasteiger partial charge in [0.2, 0.25) is 5.72 Å². The minimum absolute atomic E-state index is 0.0741. The van der Waals surface area contributed by atoms with Gasteiger partial charge in [0.05, 0.1) is 5.56 Å². The predicted octanol–water partition coefficient (Wildman–Crippen LogP) is 0.558. The molecule has 0 spiro atoms. The SMILES string of the molecule is CC(C)(N=C(N)N)OC(=O)c1ccc(O)cc1. The standard InChI is InChI=1S/C11H15N3O3/c1-11(2,14-10(12)13)17-9(16)7-3-5-8(15)6-4-7/h3-6,15H,1-2H3,(H4,12,13,14). The van der Waals surface area contributed by atoms with E-state index in [9.17, 15) is 4.79 Å². The van der Waals surface area contributed by atoms with E-state index in [1.807, 2.05) is 0 Å². The number of esters is 1. The molecule has 0 atom stereocenters. The summed E-state index contributed by atoms with van der Waals surface area (Å²) in [6.45, 7) is 3.12. The second-order valence-electron chi connectivity index (χ2n) is 3.92. The average molecular weight is 237 g/mol. The molecule has 0 saturated heterocycles. The lowest BCUT2D eigenvalue weighted by Gasteiger charge is -2.20. The van der Waals surface area contributed by atoms with Crippen molar-refractivity contribution in [3.05, 3.63) is 29.8 Å². The number of phenolic OH excluding ortho intramolecular Hbond substituents is 1. The van der Waals surface area contributed by atoms with Crippen molar-refractivity contribution in [2.24, 2.45) is 16.5 Å². The second-order valence-corrected chi connectivity index (χ2v) is 3.92. The average Bonchev–Trinajstić information content (AvgIpc) is 2.15. The lowest BCUT2D eigenvalue weighted by Crippen LogP contribution is -2.33. The first kappa shape index (κ1) is 12.8. The first-order valence-electron chi connectivity index (χ1n) is 4.93. The highest BCUT2D eigenvalue weighted by Gasteiger charge is 2.22. The van der Waals surface area contributed by atoms with Crippen molar-refractivity contribution < 1.29 is 14.6 Å². The number of rotatable bonds is 3. The van der Waals surface area contributed by atoms with Crippen LogP contribution in [0.4, 0.5) is 0 Å². The molecule has 92 valence electrons. The van der Waals surface area contributed by atoms with Gasteiger partial charge in [0.25, 0.3) is 0 Å². The van der Waals surface area contributed by atoms with Gasteiger partial charge >= 0.3 is 5.97 Å². The molecule has 17 heavy (non-hydrogen) atoms. The van der Waals surface area contributed by atoms with E-state index in [1.54, 1.807) is 13.8 Å². The number of hydrogen-bond donors (Lipinski definition) is 3. The molecule has 1 aromatic rings. The van der Waals surface area contributed by atoms with Crippen LogP contribution in [0.5, 0.6) is 5.75 Å². The quantitative estimate of drug-likeness (QED) is 0.404. The van der Waals surface area contributed by atoms with E-state index in [0.717, 1.165) is 0 Å². The number of guanidine groups is 1. The van der Waals surface area contributed by atoms with Crippen LogP contribution >= 0.6 is 0 Å². The Hall–Kier alpha value is -2.24. The molecule has 0 aliphatic carbocycles. The summed E-state index contributed by atoms with van der Waals surface area (Å²) in [4.78, 5) is 15.5. The Bertz CT molecular complexity index is 434. The van der Waals surface area contributed by atoms with Crippen LogP contribution in [0.1, 0.15) is 24.2 Å². The predicted molar refractivity (Wildman–Crippen MR) is 63.4 cm³/mol. The number of hydrogen-bond acceptors (Lipinski definition) is 4. The fourth-order valence-corrected chi connectivity index (χ4v) is 1.22. The maximum Gasteiger partial charge on any atom is 0.340 e. The third-order valence-corrected chi connectivity index (χ3v) is 1.84. The van der Waals surface area contributed by atoms with Gasteiger partial charge in [-0.3, -0.25) is 0 Å². The fraction of sp³-hybridized carbons (Fsp3) is 0.273. The summed E-state index contributed by atoms with van der Waals surface area (Å²) >= 11 is 0. The number of nitrogens with zero attached hydrogens (tertiary/aromatic N) is 1. The highest BCUT2D eigenvalue weighted by molar-refractivity contribution is 5.90. The van der Waals surface area contributed by atoms with Crippen LogP contribution in [0.3, 0.4) is 0 Å². The molecule has 0 aliphatic heterocycles. The van der Waals surface area contributed by atoms with E-state index in [4.69, 9.17) is 21.3 Å². The molecule has 6 nitrogen and oxygen atoms in total. The number of ether oxygens (including phenoxy) is 1. The zero-order chi connectivity index (χ0) is 13.1. The number of aliphatic imine (C=N–C) groups is 1. The maximum atomic E-state index is 11.7. The zero-order valence-electron chi connectivity index (χ0n) is 9.68. The molecule has 0 fully saturated rings. The van der Waals surface area contributed by atoms with Crippen LogP contribution in [-0.2, 0) is 4.74 Å². The zero-order valence-corrected chi connectivity index (χ0v) is 9.68. The molecule has 0 unspecified atom stereocenters. The van der Waals surface area contributed by atoms with Crippen LogP contribution < -0.4 is 11.5 Å². The molecule has 1 aromatic carbocycles. The maximum absolute atomic E-state index is 11.7. The molecule has 0 aliphatic rings. The van der Waals surface area contributed by atoms with E-state index in [0.29, 0.717) is 5.56 Å². The first-order valence-corrected chi connectivity index (χ1v) is 4.93. The Kier molecular flexibility index (Phi) is 3.57. The van der Waals surface area contributed by atoms with Crippen molar-refractivity contribution in [1.82, 2.24) is 0 Å². The van der Waals surface area contributed by atoms with Gasteiger partial charge < -0.3 is 21.3 Å². The molecule has 6 heteroatoms. The molecule has 0 aromatic heterocycles. The largest absolute Gasteiger partial charge is 0.508 e. The normalized spacial score (nSPS) is 10.7. The molecule has 0 saturated carbocycles. The van der Waals surface area contributed by atoms with Crippen molar-refractivity contribution in [2.75, 3.05) is 0 Å². The molecular formula is C11H15N3O3. The number of phenols is 1. The number of carbonyl (C=O) groups excluding carboxylic acids is 1. The van der Waals surface area contributed by atoms with Gasteiger partial charge in [-0.2, -0.15) is 0 Å². The summed E-state index contributed by atoms with van der Waals surface area (Å²) in [5.41, 5.74) is 9.61. The minimum Gasteiger partial charge on any atom is -0.508 e. The van der Waals surface area contributed by atoms with E-state index in [-0.39, 0.29) is 11.7 Å². The smallest absolute Gasteiger partial charge is 0.340 e. The Morgan fingerprint density at radius 1 is 1.29 bits per heavy atom. The summed E-state index contributed by atoms with van der Waals surface area (Å²) in [6.07, 6.45) is 0. The number of benzene rings is 1. The third-order valence-electron chi connectivity index (χ3n) is 1.84. The lowest BCUT2D eigenvalue weighted by molar-refractivity contribution is 0.00297. The second kappa shape index (κ2) is 4.73. The van der Waals surface area contributed by atoms with Gasteiger partial charge in [-0.25, -0.2) is 9.79 Å². The van der Waals surface area contributed by atoms with Crippen LogP contribution in [0, 0.1) is 0 Å². The summed E-state index contributed by atoms with van der Waals surface area (Å²) < 4.78 is 5.11. The van der Waals surface area contributed by atoms with Gasteiger partial charge in [0.15, 0.2) is 5.96 Å². The molecular weight excluding hydrogens is 222 g/mol. The topological polar surface area (TPSA) is 111 Å². The fourth-order valence-electron chi connectivity index (χ4n) is 1.22. The molecule has 0 amide bonds. The van der Waals surface area contributed by atoms with Crippen LogP contribution in [-0.4, -0.2) is 22.8 Å². The minimum atomic E-state index is -1.13. The van der Waals surface area contributed by atoms with E-state index < -0.39 is 11.7 Å². The molecule has 0 radical (unpaired) electrons. The Morgan fingerprint density at radius 2 is 1.82 bits per heavy atom. The molecule has 0 bridgehead atoms. The summed E-state index contributed by atoms with van der Waals surface area (Å²) in [6, 6.07) is 5.68. The Balaban J connectivity index is 2.79. The van der Waals surface area contributed by atoms with Crippen LogP contribution in [0.2, 0.25) is 0 Å². The van der Waals surface area contributed by atoms with Gasteiger partial charge in [-0.1, -0.05) is 0 Å². The summed E-state index contributed by atoms with van der Waals surface area (Å²) in [5, 5.41) is 9.08. The van der Waals surface area contributed by atoms with Gasteiger partial charge in [-0.15, -0.1) is 0 Å². The lowest BCUT2D eigenvalue weighted by atomic mass is 10.2. The monoisotopic (exact) mass is 237 g/mol. The van der Waals surface area contributed by atoms with Gasteiger partial charge in [0, 0.05) is 0 Å². The van der Waals surface area contributed by atoms with E-state index >= 15 is 0 Å². The van der Waals surface area contributed by atoms with Crippen LogP contribution in [0.25, 0.3) is 0 Å². The van der Waals surface area contributed by atoms with Crippen molar-refractivity contribution in [3.63, 3.8) is 0 Å². The highest BCUT2D eigenvalue weighted by Crippen LogP contribution is 2.16. The first-order chi connectivity index (χ1) is 7.80. The van der Waals surface area contributed by atoms with Gasteiger partial charge in [0.1, 0.15) is 5.75 Å². The van der Waals surface area contributed by atoms with E-state index in [2.05, 4.69) is 4.99 Å². The third kappa shape index (κ3) is 4.02. The van der Waals surface area contributed by atoms with Gasteiger partial charge in [-0.05, 0) is 38.1 Å². The van der Waals surface area contributed by atoms with E-state index in [1.165, 1.54) is 24.3 Å². The Labute approximate surface area is 98.9 Å².